The smallest absolute Gasteiger partial charge is 0.334 e. The number of unbranched alkanes of at least 4 members (excludes halogenated alkanes) is 11. The number of carbonyl (C=O) groups is 2. The molecule has 1 aliphatic rings. The first kappa shape index (κ1) is 24.7. The zero-order chi connectivity index (χ0) is 20.5. The van der Waals surface area contributed by atoms with Crippen LogP contribution in [0.4, 0.5) is 0 Å². The van der Waals surface area contributed by atoms with Gasteiger partial charge in [-0.05, 0) is 13.0 Å². The normalized spacial score (nSPS) is 17.1. The zero-order valence-corrected chi connectivity index (χ0v) is 18.0. The number of ether oxygens (including phenoxy) is 2. The van der Waals surface area contributed by atoms with Crippen LogP contribution >= 0.6 is 0 Å². The SMILES string of the molecule is C=C1CC(=O)OCCN(CCCCCCCCCCCCCC)CCOC1=O. The fourth-order valence-electron chi connectivity index (χ4n) is 3.47. The molecule has 0 saturated carbocycles. The lowest BCUT2D eigenvalue weighted by molar-refractivity contribution is -0.145. The van der Waals surface area contributed by atoms with Gasteiger partial charge in [0.15, 0.2) is 0 Å². The van der Waals surface area contributed by atoms with Crippen molar-refractivity contribution < 1.29 is 19.1 Å². The predicted molar refractivity (Wildman–Crippen MR) is 113 cm³/mol. The van der Waals surface area contributed by atoms with Crippen LogP contribution in [0, 0.1) is 0 Å². The maximum Gasteiger partial charge on any atom is 0.334 e. The lowest BCUT2D eigenvalue weighted by atomic mass is 10.1. The molecular formula is C23H41NO4. The lowest BCUT2D eigenvalue weighted by Crippen LogP contribution is -2.32. The molecule has 5 nitrogen and oxygen atoms in total. The summed E-state index contributed by atoms with van der Waals surface area (Å²) in [5, 5.41) is 0. The van der Waals surface area contributed by atoms with Gasteiger partial charge in [0, 0.05) is 18.7 Å². The Kier molecular flexibility index (Phi) is 14.6. The van der Waals surface area contributed by atoms with Gasteiger partial charge in [0.1, 0.15) is 13.2 Å². The van der Waals surface area contributed by atoms with Crippen molar-refractivity contribution in [1.82, 2.24) is 4.90 Å². The first-order valence-corrected chi connectivity index (χ1v) is 11.4. The molecule has 0 amide bonds. The van der Waals surface area contributed by atoms with Crippen molar-refractivity contribution >= 4 is 11.9 Å². The van der Waals surface area contributed by atoms with Crippen LogP contribution in [-0.2, 0) is 19.1 Å². The van der Waals surface area contributed by atoms with Crippen LogP contribution in [0.1, 0.15) is 90.4 Å². The van der Waals surface area contributed by atoms with E-state index in [1.165, 1.54) is 70.6 Å². The van der Waals surface area contributed by atoms with Gasteiger partial charge >= 0.3 is 11.9 Å². The van der Waals surface area contributed by atoms with Gasteiger partial charge in [-0.15, -0.1) is 0 Å². The molecule has 1 fully saturated rings. The molecule has 1 saturated heterocycles. The standard InChI is InChI=1S/C23H41NO4/c1-3-4-5-6-7-8-9-10-11-12-13-14-15-24-16-18-27-22(25)20-21(2)23(26)28-19-17-24/h2-20H2,1H3. The predicted octanol–water partition coefficient (Wildman–Crippen LogP) is 5.04. The Morgan fingerprint density at radius 2 is 1.29 bits per heavy atom. The summed E-state index contributed by atoms with van der Waals surface area (Å²) in [5.41, 5.74) is 0.166. The number of esters is 2. The third-order valence-corrected chi connectivity index (χ3v) is 5.29. The molecule has 1 rings (SSSR count). The van der Waals surface area contributed by atoms with E-state index in [2.05, 4.69) is 18.4 Å². The minimum absolute atomic E-state index is 0.0857. The highest BCUT2D eigenvalue weighted by molar-refractivity contribution is 5.93. The highest BCUT2D eigenvalue weighted by Crippen LogP contribution is 2.12. The molecule has 162 valence electrons. The van der Waals surface area contributed by atoms with Crippen molar-refractivity contribution in [2.24, 2.45) is 0 Å². The molecule has 1 heterocycles. The van der Waals surface area contributed by atoms with Crippen molar-refractivity contribution in [2.75, 3.05) is 32.8 Å². The lowest BCUT2D eigenvalue weighted by Gasteiger charge is -2.21. The summed E-state index contributed by atoms with van der Waals surface area (Å²) in [6.45, 7) is 8.87. The van der Waals surface area contributed by atoms with Gasteiger partial charge in [-0.3, -0.25) is 9.69 Å². The van der Waals surface area contributed by atoms with E-state index in [-0.39, 0.29) is 12.0 Å². The van der Waals surface area contributed by atoms with Gasteiger partial charge < -0.3 is 9.47 Å². The van der Waals surface area contributed by atoms with Gasteiger partial charge in [0.2, 0.25) is 0 Å². The second-order valence-electron chi connectivity index (χ2n) is 7.87. The summed E-state index contributed by atoms with van der Waals surface area (Å²) in [7, 11) is 0. The Bertz CT molecular complexity index is 450. The first-order chi connectivity index (χ1) is 13.6. The maximum absolute atomic E-state index is 11.7. The highest BCUT2D eigenvalue weighted by atomic mass is 16.5. The van der Waals surface area contributed by atoms with Crippen LogP contribution in [0.5, 0.6) is 0 Å². The minimum Gasteiger partial charge on any atom is -0.464 e. The van der Waals surface area contributed by atoms with E-state index >= 15 is 0 Å². The minimum atomic E-state index is -0.496. The van der Waals surface area contributed by atoms with Gasteiger partial charge in [-0.2, -0.15) is 0 Å². The molecule has 0 bridgehead atoms. The molecule has 0 spiro atoms. The molecule has 0 aromatic heterocycles. The largest absolute Gasteiger partial charge is 0.464 e. The molecule has 0 aromatic carbocycles. The summed E-state index contributed by atoms with van der Waals surface area (Å²) in [6, 6.07) is 0. The second kappa shape index (κ2) is 16.6. The van der Waals surface area contributed by atoms with Gasteiger partial charge in [-0.1, -0.05) is 84.1 Å². The van der Waals surface area contributed by atoms with Crippen molar-refractivity contribution in [3.63, 3.8) is 0 Å². The van der Waals surface area contributed by atoms with Crippen LogP contribution < -0.4 is 0 Å². The van der Waals surface area contributed by atoms with Gasteiger partial charge in [-0.25, -0.2) is 4.79 Å². The van der Waals surface area contributed by atoms with Crippen LogP contribution in [-0.4, -0.2) is 49.7 Å². The number of rotatable bonds is 13. The molecule has 0 radical (unpaired) electrons. The van der Waals surface area contributed by atoms with Crippen molar-refractivity contribution in [3.8, 4) is 0 Å². The molecule has 28 heavy (non-hydrogen) atoms. The van der Waals surface area contributed by atoms with E-state index in [0.717, 1.165) is 13.0 Å². The second-order valence-corrected chi connectivity index (χ2v) is 7.87. The zero-order valence-electron chi connectivity index (χ0n) is 18.0. The van der Waals surface area contributed by atoms with Gasteiger partial charge in [0.05, 0.1) is 6.42 Å². The third kappa shape index (κ3) is 12.9. The van der Waals surface area contributed by atoms with E-state index in [1.807, 2.05) is 0 Å². The molecule has 5 heteroatoms. The Morgan fingerprint density at radius 3 is 1.86 bits per heavy atom. The van der Waals surface area contributed by atoms with E-state index in [0.29, 0.717) is 26.3 Å². The number of carbonyl (C=O) groups excluding carboxylic acids is 2. The first-order valence-electron chi connectivity index (χ1n) is 11.4. The summed E-state index contributed by atoms with van der Waals surface area (Å²) in [5.74, 6) is -0.904. The Hall–Kier alpha value is -1.36. The maximum atomic E-state index is 11.7. The Morgan fingerprint density at radius 1 is 0.786 bits per heavy atom. The van der Waals surface area contributed by atoms with Crippen LogP contribution in [0.15, 0.2) is 12.2 Å². The Balaban J connectivity index is 2.06. The van der Waals surface area contributed by atoms with Crippen molar-refractivity contribution in [2.45, 2.75) is 90.4 Å². The van der Waals surface area contributed by atoms with Crippen LogP contribution in [0.2, 0.25) is 0 Å². The summed E-state index contributed by atoms with van der Waals surface area (Å²) in [6.07, 6.45) is 15.9. The van der Waals surface area contributed by atoms with Gasteiger partial charge in [0.25, 0.3) is 0 Å². The molecule has 1 aliphatic heterocycles. The average Bonchev–Trinajstić information content (AvgIpc) is 2.69. The van der Waals surface area contributed by atoms with Crippen LogP contribution in [0.3, 0.4) is 0 Å². The molecular weight excluding hydrogens is 354 g/mol. The Labute approximate surface area is 171 Å². The number of hydrogen-bond donors (Lipinski definition) is 0. The van der Waals surface area contributed by atoms with E-state index in [1.54, 1.807) is 0 Å². The summed E-state index contributed by atoms with van der Waals surface area (Å²) < 4.78 is 10.4. The van der Waals surface area contributed by atoms with Crippen LogP contribution in [0.25, 0.3) is 0 Å². The molecule has 0 unspecified atom stereocenters. The fraction of sp³-hybridized carbons (Fsp3) is 0.826. The monoisotopic (exact) mass is 395 g/mol. The summed E-state index contributed by atoms with van der Waals surface area (Å²) in [4.78, 5) is 25.6. The van der Waals surface area contributed by atoms with Crippen molar-refractivity contribution in [3.05, 3.63) is 12.2 Å². The summed E-state index contributed by atoms with van der Waals surface area (Å²) >= 11 is 0. The topological polar surface area (TPSA) is 55.8 Å². The molecule has 0 atom stereocenters. The third-order valence-electron chi connectivity index (χ3n) is 5.29. The number of hydrogen-bond acceptors (Lipinski definition) is 5. The number of nitrogens with zero attached hydrogens (tertiary/aromatic N) is 1. The fourth-order valence-corrected chi connectivity index (χ4v) is 3.47. The molecule has 0 aliphatic carbocycles. The number of cyclic esters (lactones) is 2. The van der Waals surface area contributed by atoms with E-state index < -0.39 is 11.9 Å². The van der Waals surface area contributed by atoms with E-state index in [4.69, 9.17) is 9.47 Å². The quantitative estimate of drug-likeness (QED) is 0.248. The van der Waals surface area contributed by atoms with E-state index in [9.17, 15) is 9.59 Å². The molecule has 0 N–H and O–H groups in total. The van der Waals surface area contributed by atoms with Crippen molar-refractivity contribution in [1.29, 1.82) is 0 Å². The highest BCUT2D eigenvalue weighted by Gasteiger charge is 2.17. The molecule has 0 aromatic rings. The average molecular weight is 396 g/mol.